The summed E-state index contributed by atoms with van der Waals surface area (Å²) in [6, 6.07) is 9.33. The van der Waals surface area contributed by atoms with Crippen LogP contribution in [0.15, 0.2) is 36.4 Å². The van der Waals surface area contributed by atoms with Crippen molar-refractivity contribution in [2.75, 3.05) is 12.8 Å². The number of methoxy groups -OCH3 is 1. The molecule has 0 aliphatic heterocycles. The van der Waals surface area contributed by atoms with Gasteiger partial charge in [0.15, 0.2) is 11.6 Å². The molecule has 0 unspecified atom stereocenters. The van der Waals surface area contributed by atoms with Gasteiger partial charge in [0.25, 0.3) is 0 Å². The fourth-order valence-corrected chi connectivity index (χ4v) is 1.71. The molecule has 2 rings (SSSR count). The Morgan fingerprint density at radius 1 is 1.25 bits per heavy atom. The Kier molecular flexibility index (Phi) is 3.89. The van der Waals surface area contributed by atoms with Crippen LogP contribution in [-0.4, -0.2) is 13.1 Å². The Balaban J connectivity index is 2.35. The molecule has 0 heterocycles. The van der Waals surface area contributed by atoms with Crippen molar-refractivity contribution in [1.29, 1.82) is 0 Å². The number of carbonyl (C=O) groups excluding carboxylic acids is 1. The molecule has 0 spiro atoms. The minimum atomic E-state index is -0.572. The summed E-state index contributed by atoms with van der Waals surface area (Å²) in [5.41, 5.74) is 6.61. The van der Waals surface area contributed by atoms with Gasteiger partial charge in [0.05, 0.1) is 12.7 Å². The summed E-state index contributed by atoms with van der Waals surface area (Å²) >= 11 is 0. The first-order valence-electron chi connectivity index (χ1n) is 5.93. The van der Waals surface area contributed by atoms with Gasteiger partial charge in [-0.2, -0.15) is 0 Å². The lowest BCUT2D eigenvalue weighted by Gasteiger charge is -2.10. The first kappa shape index (κ1) is 13.9. The highest BCUT2D eigenvalue weighted by Gasteiger charge is 2.13. The van der Waals surface area contributed by atoms with Crippen LogP contribution in [0, 0.1) is 12.7 Å². The lowest BCUT2D eigenvalue weighted by molar-refractivity contribution is 0.0601. The monoisotopic (exact) mass is 275 g/mol. The van der Waals surface area contributed by atoms with Crippen molar-refractivity contribution in [3.8, 4) is 11.5 Å². The highest BCUT2D eigenvalue weighted by molar-refractivity contribution is 5.95. The molecule has 2 N–H and O–H groups in total. The number of esters is 1. The Morgan fingerprint density at radius 3 is 2.70 bits per heavy atom. The molecule has 0 saturated carbocycles. The van der Waals surface area contributed by atoms with Gasteiger partial charge in [-0.05, 0) is 36.8 Å². The van der Waals surface area contributed by atoms with E-state index in [1.807, 2.05) is 0 Å². The van der Waals surface area contributed by atoms with Gasteiger partial charge in [-0.3, -0.25) is 0 Å². The average Bonchev–Trinajstić information content (AvgIpc) is 2.45. The molecule has 0 atom stereocenters. The minimum Gasteiger partial charge on any atom is -0.465 e. The largest absolute Gasteiger partial charge is 0.465 e. The van der Waals surface area contributed by atoms with E-state index in [2.05, 4.69) is 4.74 Å². The first-order chi connectivity index (χ1) is 9.52. The Morgan fingerprint density at radius 2 is 2.00 bits per heavy atom. The van der Waals surface area contributed by atoms with E-state index >= 15 is 0 Å². The average molecular weight is 275 g/mol. The smallest absolute Gasteiger partial charge is 0.340 e. The van der Waals surface area contributed by atoms with Crippen LogP contribution in [0.2, 0.25) is 0 Å². The molecule has 2 aromatic carbocycles. The predicted octanol–water partition coefficient (Wildman–Crippen LogP) is 3.30. The van der Waals surface area contributed by atoms with E-state index in [-0.39, 0.29) is 17.0 Å². The summed E-state index contributed by atoms with van der Waals surface area (Å²) in [4.78, 5) is 11.5. The molecule has 20 heavy (non-hydrogen) atoms. The summed E-state index contributed by atoms with van der Waals surface area (Å²) in [6.45, 7) is 1.64. The number of carbonyl (C=O) groups is 1. The first-order valence-corrected chi connectivity index (χ1v) is 5.93. The van der Waals surface area contributed by atoms with Crippen LogP contribution in [0.5, 0.6) is 11.5 Å². The Hall–Kier alpha value is -2.56. The second kappa shape index (κ2) is 5.61. The molecule has 0 aliphatic carbocycles. The van der Waals surface area contributed by atoms with E-state index in [9.17, 15) is 9.18 Å². The molecule has 2 aromatic rings. The van der Waals surface area contributed by atoms with Gasteiger partial charge < -0.3 is 15.2 Å². The number of anilines is 1. The van der Waals surface area contributed by atoms with Gasteiger partial charge in [-0.1, -0.05) is 12.1 Å². The third-order valence-corrected chi connectivity index (χ3v) is 2.81. The zero-order valence-corrected chi connectivity index (χ0v) is 11.1. The molecule has 104 valence electrons. The van der Waals surface area contributed by atoms with Crippen molar-refractivity contribution in [1.82, 2.24) is 0 Å². The molecule has 0 bridgehead atoms. The highest BCUT2D eigenvalue weighted by atomic mass is 19.1. The third-order valence-electron chi connectivity index (χ3n) is 2.81. The maximum Gasteiger partial charge on any atom is 0.340 e. The summed E-state index contributed by atoms with van der Waals surface area (Å²) in [7, 11) is 1.26. The number of aryl methyl sites for hydroxylation is 1. The summed E-state index contributed by atoms with van der Waals surface area (Å²) in [5, 5.41) is 0. The molecule has 0 saturated heterocycles. The molecule has 4 nitrogen and oxygen atoms in total. The molecular formula is C15H14FNO3. The SMILES string of the molecule is COC(=O)c1cc(Oc2cccc(C)c2F)ccc1N. The zero-order valence-electron chi connectivity index (χ0n) is 11.1. The Bertz CT molecular complexity index is 656. The molecule has 0 radical (unpaired) electrons. The number of hydrogen-bond donors (Lipinski definition) is 1. The van der Waals surface area contributed by atoms with Crippen LogP contribution >= 0.6 is 0 Å². The maximum absolute atomic E-state index is 13.9. The summed E-state index contributed by atoms with van der Waals surface area (Å²) < 4.78 is 23.9. The number of halogens is 1. The standard InChI is InChI=1S/C15H14FNO3/c1-9-4-3-5-13(14(9)16)20-10-6-7-12(17)11(8-10)15(18)19-2/h3-8H,17H2,1-2H3. The van der Waals surface area contributed by atoms with Crippen LogP contribution in [0.25, 0.3) is 0 Å². The van der Waals surface area contributed by atoms with Gasteiger partial charge in [0.2, 0.25) is 0 Å². The lowest BCUT2D eigenvalue weighted by Crippen LogP contribution is -2.05. The van der Waals surface area contributed by atoms with E-state index in [1.165, 1.54) is 25.3 Å². The summed E-state index contributed by atoms with van der Waals surface area (Å²) in [6.07, 6.45) is 0. The van der Waals surface area contributed by atoms with Gasteiger partial charge in [0.1, 0.15) is 5.75 Å². The van der Waals surface area contributed by atoms with Gasteiger partial charge in [-0.15, -0.1) is 0 Å². The van der Waals surface area contributed by atoms with E-state index < -0.39 is 11.8 Å². The van der Waals surface area contributed by atoms with Crippen molar-refractivity contribution in [2.45, 2.75) is 6.92 Å². The molecule has 0 aromatic heterocycles. The number of nitrogens with two attached hydrogens (primary N) is 1. The van der Waals surface area contributed by atoms with Crippen LogP contribution in [-0.2, 0) is 4.74 Å². The number of ether oxygens (including phenoxy) is 2. The second-order valence-electron chi connectivity index (χ2n) is 4.23. The number of rotatable bonds is 3. The normalized spacial score (nSPS) is 10.2. The molecule has 0 aliphatic rings. The fourth-order valence-electron chi connectivity index (χ4n) is 1.71. The molecule has 0 amide bonds. The van der Waals surface area contributed by atoms with Crippen LogP contribution in [0.1, 0.15) is 15.9 Å². The van der Waals surface area contributed by atoms with Gasteiger partial charge in [-0.25, -0.2) is 9.18 Å². The van der Waals surface area contributed by atoms with Crippen LogP contribution in [0.4, 0.5) is 10.1 Å². The quantitative estimate of drug-likeness (QED) is 0.689. The third kappa shape index (κ3) is 2.71. The number of benzene rings is 2. The Labute approximate surface area is 115 Å². The molecule has 5 heteroatoms. The lowest BCUT2D eigenvalue weighted by atomic mass is 10.1. The molecule has 0 fully saturated rings. The van der Waals surface area contributed by atoms with Crippen molar-refractivity contribution >= 4 is 11.7 Å². The van der Waals surface area contributed by atoms with Crippen molar-refractivity contribution in [2.24, 2.45) is 0 Å². The van der Waals surface area contributed by atoms with Crippen molar-refractivity contribution in [3.05, 3.63) is 53.3 Å². The van der Waals surface area contributed by atoms with Crippen molar-refractivity contribution < 1.29 is 18.7 Å². The fraction of sp³-hybridized carbons (Fsp3) is 0.133. The van der Waals surface area contributed by atoms with Crippen LogP contribution < -0.4 is 10.5 Å². The van der Waals surface area contributed by atoms with E-state index in [0.717, 1.165) is 0 Å². The van der Waals surface area contributed by atoms with E-state index in [1.54, 1.807) is 25.1 Å². The summed E-state index contributed by atoms with van der Waals surface area (Å²) in [5.74, 6) is -0.615. The number of hydrogen-bond acceptors (Lipinski definition) is 4. The topological polar surface area (TPSA) is 61.5 Å². The zero-order chi connectivity index (χ0) is 14.7. The van der Waals surface area contributed by atoms with Crippen molar-refractivity contribution in [3.63, 3.8) is 0 Å². The predicted molar refractivity (Wildman–Crippen MR) is 73.4 cm³/mol. The minimum absolute atomic E-state index is 0.0885. The van der Waals surface area contributed by atoms with Gasteiger partial charge in [0, 0.05) is 5.69 Å². The van der Waals surface area contributed by atoms with E-state index in [0.29, 0.717) is 11.3 Å². The molecular weight excluding hydrogens is 261 g/mol. The highest BCUT2D eigenvalue weighted by Crippen LogP contribution is 2.28. The second-order valence-corrected chi connectivity index (χ2v) is 4.23. The van der Waals surface area contributed by atoms with Crippen LogP contribution in [0.3, 0.4) is 0 Å². The van der Waals surface area contributed by atoms with E-state index in [4.69, 9.17) is 10.5 Å². The maximum atomic E-state index is 13.9. The van der Waals surface area contributed by atoms with Gasteiger partial charge >= 0.3 is 5.97 Å². The number of nitrogen functional groups attached to an aromatic ring is 1.